The number of nitrogens with two attached hydrogens (primary N) is 1. The van der Waals surface area contributed by atoms with Gasteiger partial charge in [0.25, 0.3) is 0 Å². The van der Waals surface area contributed by atoms with Gasteiger partial charge in [0.2, 0.25) is 10.0 Å². The van der Waals surface area contributed by atoms with Crippen LogP contribution in [0.15, 0.2) is 23.1 Å². The summed E-state index contributed by atoms with van der Waals surface area (Å²) >= 11 is 0. The predicted molar refractivity (Wildman–Crippen MR) is 83.5 cm³/mol. The summed E-state index contributed by atoms with van der Waals surface area (Å²) in [5.74, 6) is 0. The van der Waals surface area contributed by atoms with Crippen molar-refractivity contribution >= 4 is 15.7 Å². The highest BCUT2D eigenvalue weighted by atomic mass is 32.2. The van der Waals surface area contributed by atoms with E-state index in [4.69, 9.17) is 5.73 Å². The van der Waals surface area contributed by atoms with Crippen molar-refractivity contribution in [2.75, 3.05) is 18.8 Å². The van der Waals surface area contributed by atoms with Gasteiger partial charge >= 0.3 is 0 Å². The Morgan fingerprint density at radius 2 is 2.10 bits per heavy atom. The van der Waals surface area contributed by atoms with Gasteiger partial charge in [0.05, 0.1) is 4.90 Å². The first-order chi connectivity index (χ1) is 9.95. The Balaban J connectivity index is 1.75. The SMILES string of the molecule is Cc1ccc(N)cc1S(=O)(=O)NC1CCN2CCCC2C1. The van der Waals surface area contributed by atoms with Gasteiger partial charge in [0.15, 0.2) is 0 Å². The summed E-state index contributed by atoms with van der Waals surface area (Å²) < 4.78 is 28.1. The summed E-state index contributed by atoms with van der Waals surface area (Å²) in [7, 11) is -3.49. The molecule has 3 N–H and O–H groups in total. The molecule has 5 nitrogen and oxygen atoms in total. The molecule has 2 saturated heterocycles. The highest BCUT2D eigenvalue weighted by Gasteiger charge is 2.33. The Morgan fingerprint density at radius 3 is 2.90 bits per heavy atom. The van der Waals surface area contributed by atoms with Crippen LogP contribution in [0.25, 0.3) is 0 Å². The zero-order valence-corrected chi connectivity index (χ0v) is 13.2. The molecular formula is C15H23N3O2S. The van der Waals surface area contributed by atoms with Gasteiger partial charge in [-0.05, 0) is 63.4 Å². The topological polar surface area (TPSA) is 75.4 Å². The molecule has 0 spiro atoms. The second kappa shape index (κ2) is 5.59. The molecule has 0 amide bonds. The van der Waals surface area contributed by atoms with Crippen molar-refractivity contribution in [1.29, 1.82) is 0 Å². The lowest BCUT2D eigenvalue weighted by molar-refractivity contribution is 0.176. The minimum Gasteiger partial charge on any atom is -0.399 e. The first-order valence-corrected chi connectivity index (χ1v) is 9.06. The largest absolute Gasteiger partial charge is 0.399 e. The van der Waals surface area contributed by atoms with Crippen LogP contribution in [-0.2, 0) is 10.0 Å². The van der Waals surface area contributed by atoms with E-state index >= 15 is 0 Å². The van der Waals surface area contributed by atoms with E-state index in [1.807, 2.05) is 0 Å². The van der Waals surface area contributed by atoms with Crippen molar-refractivity contribution in [3.63, 3.8) is 0 Å². The van der Waals surface area contributed by atoms with E-state index in [0.29, 0.717) is 16.6 Å². The van der Waals surface area contributed by atoms with Gasteiger partial charge in [0, 0.05) is 17.8 Å². The Morgan fingerprint density at radius 1 is 1.29 bits per heavy atom. The lowest BCUT2D eigenvalue weighted by Crippen LogP contribution is -2.47. The molecule has 2 unspecified atom stereocenters. The lowest BCUT2D eigenvalue weighted by atomic mass is 9.99. The fourth-order valence-electron chi connectivity index (χ4n) is 3.52. The van der Waals surface area contributed by atoms with Gasteiger partial charge in [-0.3, -0.25) is 0 Å². The summed E-state index contributed by atoms with van der Waals surface area (Å²) in [6, 6.07) is 5.61. The molecule has 1 aromatic rings. The van der Waals surface area contributed by atoms with Crippen molar-refractivity contribution in [3.8, 4) is 0 Å². The zero-order chi connectivity index (χ0) is 15.0. The zero-order valence-electron chi connectivity index (χ0n) is 12.4. The highest BCUT2D eigenvalue weighted by Crippen LogP contribution is 2.28. The molecule has 6 heteroatoms. The number of fused-ring (bicyclic) bond motifs is 1. The van der Waals surface area contributed by atoms with E-state index in [2.05, 4.69) is 9.62 Å². The number of nitrogens with one attached hydrogen (secondary N) is 1. The van der Waals surface area contributed by atoms with E-state index in [0.717, 1.165) is 24.9 Å². The second-order valence-electron chi connectivity index (χ2n) is 6.20. The van der Waals surface area contributed by atoms with Crippen molar-refractivity contribution in [3.05, 3.63) is 23.8 Å². The van der Waals surface area contributed by atoms with Gasteiger partial charge < -0.3 is 10.6 Å². The Bertz CT molecular complexity index is 630. The Labute approximate surface area is 126 Å². The van der Waals surface area contributed by atoms with E-state index in [-0.39, 0.29) is 6.04 Å². The molecule has 116 valence electrons. The number of piperidine rings is 1. The summed E-state index contributed by atoms with van der Waals surface area (Å²) in [6.45, 7) is 3.96. The molecule has 21 heavy (non-hydrogen) atoms. The molecule has 0 radical (unpaired) electrons. The predicted octanol–water partition coefficient (Wildman–Crippen LogP) is 1.48. The van der Waals surface area contributed by atoms with Crippen molar-refractivity contribution in [2.24, 2.45) is 0 Å². The molecule has 0 aromatic heterocycles. The fourth-order valence-corrected chi connectivity index (χ4v) is 5.08. The number of sulfonamides is 1. The number of hydrogen-bond acceptors (Lipinski definition) is 4. The van der Waals surface area contributed by atoms with Crippen LogP contribution in [0, 0.1) is 6.92 Å². The molecule has 0 aliphatic carbocycles. The average Bonchev–Trinajstić information content (AvgIpc) is 2.88. The van der Waals surface area contributed by atoms with Crippen LogP contribution in [0.4, 0.5) is 5.69 Å². The third-order valence-corrected chi connectivity index (χ3v) is 6.31. The molecule has 0 saturated carbocycles. The van der Waals surface area contributed by atoms with E-state index in [1.54, 1.807) is 25.1 Å². The average molecular weight is 309 g/mol. The molecular weight excluding hydrogens is 286 g/mol. The number of rotatable bonds is 3. The summed E-state index contributed by atoms with van der Waals surface area (Å²) in [6.07, 6.45) is 4.23. The third kappa shape index (κ3) is 3.07. The van der Waals surface area contributed by atoms with Crippen LogP contribution in [0.5, 0.6) is 0 Å². The molecule has 2 heterocycles. The maximum Gasteiger partial charge on any atom is 0.241 e. The number of aryl methyl sites for hydroxylation is 1. The van der Waals surface area contributed by atoms with Crippen molar-refractivity contribution in [1.82, 2.24) is 9.62 Å². The van der Waals surface area contributed by atoms with Gasteiger partial charge in [-0.15, -0.1) is 0 Å². The minimum atomic E-state index is -3.49. The van der Waals surface area contributed by atoms with Crippen molar-refractivity contribution < 1.29 is 8.42 Å². The van der Waals surface area contributed by atoms with Gasteiger partial charge in [0.1, 0.15) is 0 Å². The van der Waals surface area contributed by atoms with Crippen LogP contribution < -0.4 is 10.5 Å². The van der Waals surface area contributed by atoms with Gasteiger partial charge in [-0.1, -0.05) is 6.07 Å². The van der Waals surface area contributed by atoms with E-state index in [1.165, 1.54) is 19.4 Å². The molecule has 2 aliphatic rings. The third-order valence-electron chi connectivity index (χ3n) is 4.64. The summed E-state index contributed by atoms with van der Waals surface area (Å²) in [5, 5.41) is 0. The van der Waals surface area contributed by atoms with Crippen LogP contribution in [0.2, 0.25) is 0 Å². The Kier molecular flexibility index (Phi) is 3.94. The first-order valence-electron chi connectivity index (χ1n) is 7.58. The molecule has 2 atom stereocenters. The maximum absolute atomic E-state index is 12.6. The standard InChI is InChI=1S/C15H23N3O2S/c1-11-4-5-12(16)9-15(11)21(19,20)17-13-6-8-18-7-2-3-14(18)10-13/h4-5,9,13-14,17H,2-3,6-8,10,16H2,1H3. The normalized spacial score (nSPS) is 26.7. The molecule has 3 rings (SSSR count). The van der Waals surface area contributed by atoms with Crippen LogP contribution in [-0.4, -0.2) is 38.5 Å². The smallest absolute Gasteiger partial charge is 0.241 e. The fraction of sp³-hybridized carbons (Fsp3) is 0.600. The highest BCUT2D eigenvalue weighted by molar-refractivity contribution is 7.89. The van der Waals surface area contributed by atoms with E-state index < -0.39 is 10.0 Å². The first kappa shape index (κ1) is 14.8. The number of nitrogen functional groups attached to an aromatic ring is 1. The summed E-state index contributed by atoms with van der Waals surface area (Å²) in [4.78, 5) is 2.78. The quantitative estimate of drug-likeness (QED) is 0.829. The Hall–Kier alpha value is -1.11. The molecule has 0 bridgehead atoms. The van der Waals surface area contributed by atoms with Gasteiger partial charge in [-0.2, -0.15) is 0 Å². The number of hydrogen-bond donors (Lipinski definition) is 2. The second-order valence-corrected chi connectivity index (χ2v) is 7.88. The van der Waals surface area contributed by atoms with Crippen molar-refractivity contribution in [2.45, 2.75) is 49.6 Å². The molecule has 2 fully saturated rings. The molecule has 1 aromatic carbocycles. The van der Waals surface area contributed by atoms with Crippen LogP contribution in [0.3, 0.4) is 0 Å². The maximum atomic E-state index is 12.6. The van der Waals surface area contributed by atoms with Crippen LogP contribution in [0.1, 0.15) is 31.2 Å². The van der Waals surface area contributed by atoms with E-state index in [9.17, 15) is 8.42 Å². The number of benzene rings is 1. The summed E-state index contributed by atoms with van der Waals surface area (Å²) in [5.41, 5.74) is 6.94. The number of anilines is 1. The monoisotopic (exact) mass is 309 g/mol. The minimum absolute atomic E-state index is 0.0372. The lowest BCUT2D eigenvalue weighted by Gasteiger charge is -2.35. The molecule has 2 aliphatic heterocycles. The number of nitrogens with zero attached hydrogens (tertiary/aromatic N) is 1. The van der Waals surface area contributed by atoms with Crippen LogP contribution >= 0.6 is 0 Å². The van der Waals surface area contributed by atoms with Gasteiger partial charge in [-0.25, -0.2) is 13.1 Å².